The van der Waals surface area contributed by atoms with Crippen molar-refractivity contribution in [1.29, 1.82) is 0 Å². The third kappa shape index (κ3) is 4.54. The van der Waals surface area contributed by atoms with Crippen LogP contribution in [-0.2, 0) is 17.1 Å². The second-order valence-electron chi connectivity index (χ2n) is 9.80. The maximum absolute atomic E-state index is 13.4. The molecule has 2 aromatic carbocycles. The molecule has 190 valence electrons. The average molecular weight is 512 g/mol. The Balaban J connectivity index is 1.53. The third-order valence-electron chi connectivity index (χ3n) is 6.63. The van der Waals surface area contributed by atoms with Crippen molar-refractivity contribution in [3.63, 3.8) is 0 Å². The Morgan fingerprint density at radius 3 is 2.56 bits per heavy atom. The number of hydrogen-bond acceptors (Lipinski definition) is 6. The number of hydrogen-bond donors (Lipinski definition) is 0. The molecule has 2 aromatic heterocycles. The molecule has 1 saturated heterocycles. The lowest BCUT2D eigenvalue weighted by Crippen LogP contribution is -2.51. The zero-order chi connectivity index (χ0) is 25.6. The smallest absolute Gasteiger partial charge is 0.264 e. The normalized spacial score (nSPS) is 17.9. The van der Waals surface area contributed by atoms with Gasteiger partial charge in [0.25, 0.3) is 10.0 Å². The summed E-state index contributed by atoms with van der Waals surface area (Å²) in [6, 6.07) is 10.3. The second kappa shape index (κ2) is 9.38. The first kappa shape index (κ1) is 24.5. The van der Waals surface area contributed by atoms with Crippen LogP contribution in [0.2, 0.25) is 0 Å². The Bertz CT molecular complexity index is 1490. The van der Waals surface area contributed by atoms with Crippen LogP contribution in [0.4, 0.5) is 4.39 Å². The van der Waals surface area contributed by atoms with Crippen molar-refractivity contribution in [2.75, 3.05) is 26.2 Å². The highest BCUT2D eigenvalue weighted by atomic mass is 32.2. The van der Waals surface area contributed by atoms with E-state index in [0.717, 1.165) is 34.3 Å². The zero-order valence-electron chi connectivity index (χ0n) is 20.8. The second-order valence-corrected chi connectivity index (χ2v) is 11.7. The Labute approximate surface area is 210 Å². The summed E-state index contributed by atoms with van der Waals surface area (Å²) in [6.07, 6.45) is 3.23. The van der Waals surface area contributed by atoms with Crippen LogP contribution in [-0.4, -0.2) is 68.6 Å². The average Bonchev–Trinajstić information content (AvgIpc) is 3.45. The van der Waals surface area contributed by atoms with Crippen molar-refractivity contribution in [2.45, 2.75) is 31.8 Å². The van der Waals surface area contributed by atoms with Gasteiger partial charge in [0.2, 0.25) is 5.03 Å². The van der Waals surface area contributed by atoms with Crippen LogP contribution in [0.5, 0.6) is 0 Å². The number of nitrogens with zero attached hydrogens (tertiary/aromatic N) is 7. The van der Waals surface area contributed by atoms with E-state index in [1.54, 1.807) is 30.1 Å². The van der Waals surface area contributed by atoms with E-state index in [2.05, 4.69) is 46.3 Å². The number of benzene rings is 2. The number of sulfonamides is 1. The monoisotopic (exact) mass is 511 g/mol. The molecule has 5 rings (SSSR count). The minimum absolute atomic E-state index is 0.0335. The fraction of sp³-hybridized carbons (Fsp3) is 0.400. The van der Waals surface area contributed by atoms with Crippen LogP contribution in [0, 0.1) is 18.7 Å². The largest absolute Gasteiger partial charge is 0.293 e. The first-order valence-corrected chi connectivity index (χ1v) is 13.4. The van der Waals surface area contributed by atoms with Crippen LogP contribution in [0.1, 0.15) is 31.0 Å². The lowest BCUT2D eigenvalue weighted by atomic mass is 9.96. The number of piperazine rings is 1. The van der Waals surface area contributed by atoms with Gasteiger partial charge in [-0.2, -0.15) is 9.40 Å². The number of halogens is 1. The summed E-state index contributed by atoms with van der Waals surface area (Å²) in [6.45, 7) is 8.58. The molecule has 1 unspecified atom stereocenters. The summed E-state index contributed by atoms with van der Waals surface area (Å²) in [5, 5.41) is 13.1. The van der Waals surface area contributed by atoms with Gasteiger partial charge >= 0.3 is 0 Å². The standard InChI is InChI=1S/C25H30FN7O2S/c1-17(2)14-31-9-10-32(36(34,35)25-16-30(4)29-28-25)15-24(31)22-12-19-13-27-33(23(19)11-18(22)3)21-7-5-20(26)6-8-21/h5-8,11-13,16-17,24H,9-10,14-15H2,1-4H3. The van der Waals surface area contributed by atoms with Gasteiger partial charge in [0, 0.05) is 44.7 Å². The SMILES string of the molecule is Cc1cc2c(cnn2-c2ccc(F)cc2)cc1C1CN(S(=O)(=O)c2cn(C)nn2)CCN1CC(C)C. The fourth-order valence-electron chi connectivity index (χ4n) is 4.92. The van der Waals surface area contributed by atoms with E-state index in [1.165, 1.54) is 27.3 Å². The van der Waals surface area contributed by atoms with Crippen LogP contribution >= 0.6 is 0 Å². The summed E-state index contributed by atoms with van der Waals surface area (Å²) >= 11 is 0. The molecule has 1 aliphatic heterocycles. The molecule has 0 bridgehead atoms. The van der Waals surface area contributed by atoms with Crippen molar-refractivity contribution < 1.29 is 12.8 Å². The maximum atomic E-state index is 13.4. The number of fused-ring (bicyclic) bond motifs is 1. The molecule has 3 heterocycles. The topological polar surface area (TPSA) is 89.2 Å². The summed E-state index contributed by atoms with van der Waals surface area (Å²) in [5.74, 6) is 0.137. The molecule has 9 nitrogen and oxygen atoms in total. The Kier molecular flexibility index (Phi) is 6.39. The van der Waals surface area contributed by atoms with Crippen molar-refractivity contribution in [2.24, 2.45) is 13.0 Å². The molecule has 0 spiro atoms. The van der Waals surface area contributed by atoms with Crippen LogP contribution in [0.25, 0.3) is 16.6 Å². The summed E-state index contributed by atoms with van der Waals surface area (Å²) in [4.78, 5) is 2.37. The predicted molar refractivity (Wildman–Crippen MR) is 135 cm³/mol. The molecule has 1 atom stereocenters. The third-order valence-corrected chi connectivity index (χ3v) is 8.35. The molecule has 1 fully saturated rings. The first-order chi connectivity index (χ1) is 17.1. The highest BCUT2D eigenvalue weighted by molar-refractivity contribution is 7.89. The van der Waals surface area contributed by atoms with E-state index in [9.17, 15) is 12.8 Å². The molecule has 0 amide bonds. The van der Waals surface area contributed by atoms with Crippen molar-refractivity contribution in [3.05, 3.63) is 65.7 Å². The molecule has 4 aromatic rings. The van der Waals surface area contributed by atoms with Crippen LogP contribution in [0.15, 0.2) is 53.8 Å². The molecule has 0 radical (unpaired) electrons. The van der Waals surface area contributed by atoms with Crippen LogP contribution < -0.4 is 0 Å². The molecule has 0 N–H and O–H groups in total. The Morgan fingerprint density at radius 2 is 1.89 bits per heavy atom. The van der Waals surface area contributed by atoms with Gasteiger partial charge in [0.15, 0.2) is 0 Å². The lowest BCUT2D eigenvalue weighted by Gasteiger charge is -2.42. The minimum Gasteiger partial charge on any atom is -0.293 e. The van der Waals surface area contributed by atoms with Gasteiger partial charge in [0.05, 0.1) is 23.6 Å². The molecule has 1 aliphatic rings. The zero-order valence-corrected chi connectivity index (χ0v) is 21.7. The van der Waals surface area contributed by atoms with Gasteiger partial charge in [-0.15, -0.1) is 5.10 Å². The highest BCUT2D eigenvalue weighted by Crippen LogP contribution is 2.34. The molecule has 36 heavy (non-hydrogen) atoms. The van der Waals surface area contributed by atoms with E-state index in [4.69, 9.17) is 0 Å². The Morgan fingerprint density at radius 1 is 1.14 bits per heavy atom. The molecular weight excluding hydrogens is 481 g/mol. The predicted octanol–water partition coefficient (Wildman–Crippen LogP) is 3.31. The minimum atomic E-state index is -3.76. The van der Waals surface area contributed by atoms with Crippen molar-refractivity contribution in [1.82, 2.24) is 34.0 Å². The fourth-order valence-corrected chi connectivity index (χ4v) is 6.27. The summed E-state index contributed by atoms with van der Waals surface area (Å²) in [7, 11) is -2.11. The lowest BCUT2D eigenvalue weighted by molar-refractivity contribution is 0.105. The van der Waals surface area contributed by atoms with Gasteiger partial charge < -0.3 is 0 Å². The first-order valence-electron chi connectivity index (χ1n) is 12.0. The summed E-state index contributed by atoms with van der Waals surface area (Å²) in [5.41, 5.74) is 3.81. The molecule has 0 saturated carbocycles. The quantitative estimate of drug-likeness (QED) is 0.395. The maximum Gasteiger partial charge on any atom is 0.264 e. The molecular formula is C25H30FN7O2S. The van der Waals surface area contributed by atoms with Gasteiger partial charge in [-0.3, -0.25) is 9.58 Å². The van der Waals surface area contributed by atoms with Crippen molar-refractivity contribution in [3.8, 4) is 5.69 Å². The van der Waals surface area contributed by atoms with E-state index >= 15 is 0 Å². The van der Waals surface area contributed by atoms with E-state index < -0.39 is 10.0 Å². The van der Waals surface area contributed by atoms with Gasteiger partial charge in [-0.05, 0) is 60.4 Å². The molecule has 0 aliphatic carbocycles. The number of rotatable bonds is 6. The van der Waals surface area contributed by atoms with Crippen LogP contribution in [0.3, 0.4) is 0 Å². The van der Waals surface area contributed by atoms with E-state index in [-0.39, 0.29) is 16.9 Å². The molecule has 11 heteroatoms. The van der Waals surface area contributed by atoms with E-state index in [0.29, 0.717) is 25.6 Å². The van der Waals surface area contributed by atoms with Gasteiger partial charge in [0.1, 0.15) is 5.82 Å². The van der Waals surface area contributed by atoms with Gasteiger partial charge in [-0.25, -0.2) is 17.5 Å². The number of aromatic nitrogens is 5. The summed E-state index contributed by atoms with van der Waals surface area (Å²) < 4.78 is 44.8. The van der Waals surface area contributed by atoms with Gasteiger partial charge in [-0.1, -0.05) is 19.1 Å². The highest BCUT2D eigenvalue weighted by Gasteiger charge is 2.37. The van der Waals surface area contributed by atoms with E-state index in [1.807, 2.05) is 6.92 Å². The van der Waals surface area contributed by atoms with Crippen molar-refractivity contribution >= 4 is 20.9 Å². The number of aryl methyl sites for hydroxylation is 2. The Hall–Kier alpha value is -3.15.